The minimum absolute atomic E-state index is 0.0606. The second-order valence-corrected chi connectivity index (χ2v) is 5.88. The minimum atomic E-state index is -0.135. The van der Waals surface area contributed by atoms with Crippen molar-refractivity contribution in [1.29, 1.82) is 0 Å². The molecule has 0 saturated heterocycles. The number of hydrogen-bond donors (Lipinski definition) is 0. The number of pyridine rings is 1. The average molecular weight is 366 g/mol. The molecule has 0 N–H and O–H groups in total. The normalized spacial score (nSPS) is 10.4. The Hall–Kier alpha value is -3.28. The predicted octanol–water partition coefficient (Wildman–Crippen LogP) is 3.68. The van der Waals surface area contributed by atoms with Crippen molar-refractivity contribution < 1.29 is 18.7 Å². The number of carbonyl (C=O) groups is 1. The number of amides is 1. The van der Waals surface area contributed by atoms with E-state index in [0.717, 1.165) is 11.3 Å². The molecule has 2 heterocycles. The lowest BCUT2D eigenvalue weighted by molar-refractivity contribution is -0.134. The number of rotatable bonds is 9. The van der Waals surface area contributed by atoms with Gasteiger partial charge in [0.2, 0.25) is 0 Å². The van der Waals surface area contributed by atoms with Gasteiger partial charge in [-0.3, -0.25) is 9.78 Å². The number of furan rings is 1. The molecule has 0 unspecified atom stereocenters. The second kappa shape index (κ2) is 9.43. The number of carbonyl (C=O) groups excluding carboxylic acids is 1. The molecule has 2 aromatic heterocycles. The van der Waals surface area contributed by atoms with Crippen LogP contribution in [0.5, 0.6) is 11.5 Å². The smallest absolute Gasteiger partial charge is 0.261 e. The summed E-state index contributed by atoms with van der Waals surface area (Å²) in [6, 6.07) is 14.6. The molecule has 0 spiro atoms. The number of aromatic nitrogens is 1. The van der Waals surface area contributed by atoms with Gasteiger partial charge in [-0.1, -0.05) is 6.07 Å². The molecule has 140 valence electrons. The first kappa shape index (κ1) is 18.5. The Balaban J connectivity index is 1.62. The predicted molar refractivity (Wildman–Crippen MR) is 100 cm³/mol. The molecule has 6 nitrogen and oxygen atoms in total. The highest BCUT2D eigenvalue weighted by Gasteiger charge is 2.17. The lowest BCUT2D eigenvalue weighted by Gasteiger charge is -2.22. The molecule has 6 heteroatoms. The first-order valence-corrected chi connectivity index (χ1v) is 8.79. The van der Waals surface area contributed by atoms with E-state index >= 15 is 0 Å². The van der Waals surface area contributed by atoms with Gasteiger partial charge < -0.3 is 18.8 Å². The molecule has 1 amide bonds. The Labute approximate surface area is 158 Å². The summed E-state index contributed by atoms with van der Waals surface area (Å²) >= 11 is 0. The average Bonchev–Trinajstić information content (AvgIpc) is 3.21. The highest BCUT2D eigenvalue weighted by atomic mass is 16.5. The molecule has 0 aliphatic carbocycles. The molecule has 0 bridgehead atoms. The van der Waals surface area contributed by atoms with Crippen molar-refractivity contribution in [2.24, 2.45) is 0 Å². The van der Waals surface area contributed by atoms with Crippen LogP contribution in [0.15, 0.2) is 71.6 Å². The van der Waals surface area contributed by atoms with Crippen LogP contribution in [0.3, 0.4) is 0 Å². The third-order valence-electron chi connectivity index (χ3n) is 3.87. The van der Waals surface area contributed by atoms with Crippen LogP contribution < -0.4 is 9.47 Å². The summed E-state index contributed by atoms with van der Waals surface area (Å²) in [6.07, 6.45) is 5.05. The quantitative estimate of drug-likeness (QED) is 0.578. The lowest BCUT2D eigenvalue weighted by atomic mass is 10.2. The van der Waals surface area contributed by atoms with Crippen LogP contribution in [0.2, 0.25) is 0 Å². The molecule has 0 saturated carbocycles. The standard InChI is InChI=1S/C21H22N2O4/c1-2-25-18-7-9-19(10-8-18)27-16-21(24)23(15-20-6-4-12-26-20)14-17-5-3-11-22-13-17/h3-13H,2,14-16H2,1H3. The van der Waals surface area contributed by atoms with Crippen molar-refractivity contribution in [2.45, 2.75) is 20.0 Å². The molecule has 0 radical (unpaired) electrons. The first-order chi connectivity index (χ1) is 13.2. The number of hydrogen-bond acceptors (Lipinski definition) is 5. The maximum absolute atomic E-state index is 12.7. The van der Waals surface area contributed by atoms with Crippen LogP contribution in [0.4, 0.5) is 0 Å². The van der Waals surface area contributed by atoms with Gasteiger partial charge in [0.25, 0.3) is 5.91 Å². The Morgan fingerprint density at radius 3 is 2.44 bits per heavy atom. The SMILES string of the molecule is CCOc1ccc(OCC(=O)N(Cc2cccnc2)Cc2ccco2)cc1. The number of ether oxygens (including phenoxy) is 2. The first-order valence-electron chi connectivity index (χ1n) is 8.79. The molecule has 0 aliphatic heterocycles. The molecular weight excluding hydrogens is 344 g/mol. The fourth-order valence-electron chi connectivity index (χ4n) is 2.57. The fraction of sp³-hybridized carbons (Fsp3) is 0.238. The maximum Gasteiger partial charge on any atom is 0.261 e. The van der Waals surface area contributed by atoms with Crippen LogP contribution in [0, 0.1) is 0 Å². The number of benzene rings is 1. The van der Waals surface area contributed by atoms with Gasteiger partial charge in [0.05, 0.1) is 19.4 Å². The summed E-state index contributed by atoms with van der Waals surface area (Å²) in [7, 11) is 0. The molecule has 0 fully saturated rings. The van der Waals surface area contributed by atoms with Gasteiger partial charge >= 0.3 is 0 Å². The monoisotopic (exact) mass is 366 g/mol. The Kier molecular flexibility index (Phi) is 6.46. The highest BCUT2D eigenvalue weighted by molar-refractivity contribution is 5.77. The summed E-state index contributed by atoms with van der Waals surface area (Å²) in [6.45, 7) is 3.27. The molecule has 0 aliphatic rings. The third kappa shape index (κ3) is 5.60. The van der Waals surface area contributed by atoms with Crippen LogP contribution in [0.1, 0.15) is 18.2 Å². The van der Waals surface area contributed by atoms with Crippen LogP contribution in [-0.4, -0.2) is 29.0 Å². The molecule has 1 aromatic carbocycles. The molecule has 3 rings (SSSR count). The number of nitrogens with zero attached hydrogens (tertiary/aromatic N) is 2. The zero-order chi connectivity index (χ0) is 18.9. The van der Waals surface area contributed by atoms with Crippen molar-refractivity contribution in [3.8, 4) is 11.5 Å². The van der Waals surface area contributed by atoms with E-state index in [-0.39, 0.29) is 12.5 Å². The van der Waals surface area contributed by atoms with Gasteiger partial charge in [-0.25, -0.2) is 0 Å². The van der Waals surface area contributed by atoms with E-state index in [1.807, 2.05) is 37.3 Å². The molecule has 3 aromatic rings. The Bertz CT molecular complexity index is 817. The minimum Gasteiger partial charge on any atom is -0.494 e. The highest BCUT2D eigenvalue weighted by Crippen LogP contribution is 2.18. The van der Waals surface area contributed by atoms with E-state index in [2.05, 4.69) is 4.98 Å². The van der Waals surface area contributed by atoms with Crippen LogP contribution >= 0.6 is 0 Å². The van der Waals surface area contributed by atoms with Crippen LogP contribution in [-0.2, 0) is 17.9 Å². The van der Waals surface area contributed by atoms with Crippen molar-refractivity contribution in [3.63, 3.8) is 0 Å². The van der Waals surface area contributed by atoms with E-state index in [9.17, 15) is 4.79 Å². The van der Waals surface area contributed by atoms with Crippen LogP contribution in [0.25, 0.3) is 0 Å². The van der Waals surface area contributed by atoms with Gasteiger partial charge in [0.15, 0.2) is 6.61 Å². The van der Waals surface area contributed by atoms with Crippen molar-refractivity contribution in [3.05, 3.63) is 78.5 Å². The summed E-state index contributed by atoms with van der Waals surface area (Å²) in [4.78, 5) is 18.5. The maximum atomic E-state index is 12.7. The molecule has 0 atom stereocenters. The van der Waals surface area contributed by atoms with Gasteiger partial charge in [-0.2, -0.15) is 0 Å². The van der Waals surface area contributed by atoms with E-state index < -0.39 is 0 Å². The van der Waals surface area contributed by atoms with Gasteiger partial charge in [0.1, 0.15) is 17.3 Å². The third-order valence-corrected chi connectivity index (χ3v) is 3.87. The van der Waals surface area contributed by atoms with E-state index in [1.165, 1.54) is 0 Å². The zero-order valence-corrected chi connectivity index (χ0v) is 15.2. The Morgan fingerprint density at radius 1 is 1.04 bits per heavy atom. The van der Waals surface area contributed by atoms with E-state index in [1.54, 1.807) is 41.8 Å². The summed E-state index contributed by atoms with van der Waals surface area (Å²) < 4.78 is 16.4. The molecular formula is C21H22N2O4. The second-order valence-electron chi connectivity index (χ2n) is 5.88. The molecule has 27 heavy (non-hydrogen) atoms. The largest absolute Gasteiger partial charge is 0.494 e. The van der Waals surface area contributed by atoms with Gasteiger partial charge in [-0.15, -0.1) is 0 Å². The van der Waals surface area contributed by atoms with E-state index in [0.29, 0.717) is 31.2 Å². The van der Waals surface area contributed by atoms with E-state index in [4.69, 9.17) is 13.9 Å². The van der Waals surface area contributed by atoms with Gasteiger partial charge in [0, 0.05) is 18.9 Å². The lowest BCUT2D eigenvalue weighted by Crippen LogP contribution is -2.34. The van der Waals surface area contributed by atoms with Crippen molar-refractivity contribution in [2.75, 3.05) is 13.2 Å². The van der Waals surface area contributed by atoms with Crippen molar-refractivity contribution >= 4 is 5.91 Å². The summed E-state index contributed by atoms with van der Waals surface area (Å²) in [5, 5.41) is 0. The van der Waals surface area contributed by atoms with Crippen molar-refractivity contribution in [1.82, 2.24) is 9.88 Å². The summed E-state index contributed by atoms with van der Waals surface area (Å²) in [5.74, 6) is 1.97. The zero-order valence-electron chi connectivity index (χ0n) is 15.2. The summed E-state index contributed by atoms with van der Waals surface area (Å²) in [5.41, 5.74) is 0.943. The van der Waals surface area contributed by atoms with Gasteiger partial charge in [-0.05, 0) is 55.0 Å². The topological polar surface area (TPSA) is 64.8 Å². The fourth-order valence-corrected chi connectivity index (χ4v) is 2.57. The Morgan fingerprint density at radius 2 is 1.81 bits per heavy atom.